The molecule has 0 spiro atoms. The van der Waals surface area contributed by atoms with E-state index in [-0.39, 0.29) is 17.9 Å². The van der Waals surface area contributed by atoms with Gasteiger partial charge in [0.2, 0.25) is 5.91 Å². The first-order chi connectivity index (χ1) is 16.1. The maximum atomic E-state index is 13.1. The molecule has 3 aromatic rings. The molecule has 4 rings (SSSR count). The van der Waals surface area contributed by atoms with Gasteiger partial charge < -0.3 is 14.8 Å². The van der Waals surface area contributed by atoms with Gasteiger partial charge in [0.05, 0.1) is 41.8 Å². The van der Waals surface area contributed by atoms with Gasteiger partial charge in [-0.05, 0) is 56.1 Å². The van der Waals surface area contributed by atoms with Gasteiger partial charge in [0, 0.05) is 37.9 Å². The zero-order chi connectivity index (χ0) is 23.0. The molecule has 1 fully saturated rings. The number of aromatic nitrogens is 3. The van der Waals surface area contributed by atoms with Crippen LogP contribution < -0.4 is 5.32 Å². The fraction of sp³-hybridized carbons (Fsp3) is 0.385. The highest BCUT2D eigenvalue weighted by molar-refractivity contribution is 5.79. The van der Waals surface area contributed by atoms with Gasteiger partial charge in [0.25, 0.3) is 0 Å². The van der Waals surface area contributed by atoms with Crippen molar-refractivity contribution in [3.63, 3.8) is 0 Å². The first-order valence-corrected chi connectivity index (χ1v) is 11.5. The highest BCUT2D eigenvalue weighted by Crippen LogP contribution is 2.20. The summed E-state index contributed by atoms with van der Waals surface area (Å²) in [5.41, 5.74) is 3.79. The molecule has 3 heterocycles. The third-order valence-corrected chi connectivity index (χ3v) is 6.27. The zero-order valence-corrected chi connectivity index (χ0v) is 19.0. The predicted molar refractivity (Wildman–Crippen MR) is 126 cm³/mol. The molecule has 1 aliphatic heterocycles. The van der Waals surface area contributed by atoms with E-state index in [2.05, 4.69) is 32.3 Å². The lowest BCUT2D eigenvalue weighted by Crippen LogP contribution is -2.44. The van der Waals surface area contributed by atoms with Crippen LogP contribution >= 0.6 is 0 Å². The lowest BCUT2D eigenvalue weighted by molar-refractivity contribution is -0.127. The van der Waals surface area contributed by atoms with Crippen LogP contribution in [-0.2, 0) is 17.8 Å². The number of nitrogens with zero attached hydrogens (tertiary/aromatic N) is 5. The average molecular weight is 443 g/mol. The summed E-state index contributed by atoms with van der Waals surface area (Å²) in [6.07, 6.45) is 8.29. The Morgan fingerprint density at radius 2 is 2.12 bits per heavy atom. The molecule has 1 aliphatic rings. The van der Waals surface area contributed by atoms with Gasteiger partial charge in [-0.3, -0.25) is 9.78 Å². The van der Waals surface area contributed by atoms with Crippen LogP contribution in [0.2, 0.25) is 0 Å². The molecule has 1 amide bonds. The van der Waals surface area contributed by atoms with Crippen LogP contribution in [0.25, 0.3) is 0 Å². The lowest BCUT2D eigenvalue weighted by Gasteiger charge is -2.32. The van der Waals surface area contributed by atoms with Gasteiger partial charge in [0.15, 0.2) is 0 Å². The van der Waals surface area contributed by atoms with Crippen molar-refractivity contribution in [1.29, 1.82) is 5.26 Å². The van der Waals surface area contributed by atoms with E-state index in [1.165, 1.54) is 0 Å². The van der Waals surface area contributed by atoms with E-state index in [9.17, 15) is 4.79 Å². The van der Waals surface area contributed by atoms with Crippen molar-refractivity contribution in [2.24, 2.45) is 5.92 Å². The normalized spacial score (nSPS) is 17.3. The number of nitriles is 1. The Hall–Kier alpha value is -3.50. The summed E-state index contributed by atoms with van der Waals surface area (Å²) in [5, 5.41) is 12.2. The Bertz CT molecular complexity index is 1090. The van der Waals surface area contributed by atoms with Crippen molar-refractivity contribution in [2.75, 3.05) is 19.6 Å². The van der Waals surface area contributed by atoms with Gasteiger partial charge in [-0.2, -0.15) is 5.26 Å². The molecule has 1 aromatic carbocycles. The molecule has 0 saturated carbocycles. The molecule has 0 bridgehead atoms. The number of hydrogen-bond donors (Lipinski definition) is 1. The predicted octanol–water partition coefficient (Wildman–Crippen LogP) is 3.33. The van der Waals surface area contributed by atoms with Gasteiger partial charge in [-0.1, -0.05) is 18.2 Å². The molecular formula is C26H30N6O. The van der Waals surface area contributed by atoms with Gasteiger partial charge in [0.1, 0.15) is 0 Å². The zero-order valence-electron chi connectivity index (χ0n) is 19.0. The lowest BCUT2D eigenvalue weighted by atomic mass is 9.96. The summed E-state index contributed by atoms with van der Waals surface area (Å²) in [6.45, 7) is 5.39. The van der Waals surface area contributed by atoms with E-state index >= 15 is 0 Å². The van der Waals surface area contributed by atoms with Crippen LogP contribution in [0.1, 0.15) is 48.3 Å². The number of carbonyl (C=O) groups is 1. The average Bonchev–Trinajstić information content (AvgIpc) is 3.32. The number of hydrogen-bond acceptors (Lipinski definition) is 5. The second kappa shape index (κ2) is 10.9. The molecule has 0 aliphatic carbocycles. The molecule has 1 saturated heterocycles. The minimum absolute atomic E-state index is 0.000157. The molecule has 1 N–H and O–H groups in total. The number of nitrogens with one attached hydrogen (secondary N) is 1. The van der Waals surface area contributed by atoms with Gasteiger partial charge in [-0.15, -0.1) is 0 Å². The van der Waals surface area contributed by atoms with Crippen molar-refractivity contribution >= 4 is 5.91 Å². The molecule has 7 heteroatoms. The van der Waals surface area contributed by atoms with Crippen molar-refractivity contribution in [2.45, 2.75) is 38.8 Å². The van der Waals surface area contributed by atoms with Crippen LogP contribution in [0.3, 0.4) is 0 Å². The number of carbonyl (C=O) groups excluding carboxylic acids is 1. The smallest absolute Gasteiger partial charge is 0.224 e. The fourth-order valence-electron chi connectivity index (χ4n) is 4.40. The minimum atomic E-state index is -0.137. The van der Waals surface area contributed by atoms with Crippen molar-refractivity contribution in [3.05, 3.63) is 83.7 Å². The Morgan fingerprint density at radius 3 is 2.88 bits per heavy atom. The maximum absolute atomic E-state index is 13.1. The second-order valence-electron chi connectivity index (χ2n) is 8.70. The summed E-state index contributed by atoms with van der Waals surface area (Å²) >= 11 is 0. The Labute approximate surface area is 195 Å². The van der Waals surface area contributed by atoms with Crippen LogP contribution in [0.15, 0.2) is 61.2 Å². The van der Waals surface area contributed by atoms with Crippen molar-refractivity contribution in [3.8, 4) is 6.07 Å². The van der Waals surface area contributed by atoms with E-state index in [1.807, 2.05) is 60.3 Å². The highest BCUT2D eigenvalue weighted by Gasteiger charge is 2.27. The molecule has 170 valence electrons. The third-order valence-electron chi connectivity index (χ3n) is 6.27. The summed E-state index contributed by atoms with van der Waals surface area (Å²) < 4.78 is 2.05. The topological polar surface area (TPSA) is 86.8 Å². The fourth-order valence-corrected chi connectivity index (χ4v) is 4.40. The standard InChI is InChI=1S/C26H30N6O/c1-20(25-16-28-19-32(25)17-22-9-7-21(15-27)8-10-22)30-26(33)23-5-4-13-31(18-23)14-11-24-6-2-3-12-29-24/h2-3,6-10,12,16,19-20,23H,4-5,11,13-14,17-18H2,1H3,(H,30,33)/t20-,23?/m0/s1. The van der Waals surface area contributed by atoms with E-state index in [0.717, 1.165) is 55.8 Å². The number of amides is 1. The van der Waals surface area contributed by atoms with Crippen LogP contribution in [0.4, 0.5) is 0 Å². The van der Waals surface area contributed by atoms with Crippen molar-refractivity contribution in [1.82, 2.24) is 24.8 Å². The van der Waals surface area contributed by atoms with E-state index in [4.69, 9.17) is 5.26 Å². The molecule has 0 radical (unpaired) electrons. The van der Waals surface area contributed by atoms with Crippen LogP contribution in [0, 0.1) is 17.2 Å². The maximum Gasteiger partial charge on any atom is 0.224 e. The van der Waals surface area contributed by atoms with Gasteiger partial charge in [-0.25, -0.2) is 4.98 Å². The van der Waals surface area contributed by atoms with E-state index in [1.54, 1.807) is 6.33 Å². The molecule has 33 heavy (non-hydrogen) atoms. The molecule has 7 nitrogen and oxygen atoms in total. The number of benzene rings is 1. The summed E-state index contributed by atoms with van der Waals surface area (Å²) in [6, 6.07) is 15.5. The second-order valence-corrected chi connectivity index (χ2v) is 8.70. The van der Waals surface area contributed by atoms with Crippen LogP contribution in [-0.4, -0.2) is 45.0 Å². The first kappa shape index (κ1) is 22.7. The van der Waals surface area contributed by atoms with Crippen LogP contribution in [0.5, 0.6) is 0 Å². The number of likely N-dealkylation sites (tertiary alicyclic amines) is 1. The Balaban J connectivity index is 1.32. The van der Waals surface area contributed by atoms with Crippen molar-refractivity contribution < 1.29 is 4.79 Å². The molecule has 2 aromatic heterocycles. The Morgan fingerprint density at radius 1 is 1.27 bits per heavy atom. The number of rotatable bonds is 8. The molecule has 2 atom stereocenters. The Kier molecular flexibility index (Phi) is 7.48. The van der Waals surface area contributed by atoms with Gasteiger partial charge >= 0.3 is 0 Å². The number of imidazole rings is 1. The quantitative estimate of drug-likeness (QED) is 0.578. The summed E-state index contributed by atoms with van der Waals surface area (Å²) in [7, 11) is 0. The number of pyridine rings is 1. The molecular weight excluding hydrogens is 412 g/mol. The SMILES string of the molecule is C[C@H](NC(=O)C1CCCN(CCc2ccccn2)C1)c1cncn1Cc1ccc(C#N)cc1. The minimum Gasteiger partial charge on any atom is -0.348 e. The largest absolute Gasteiger partial charge is 0.348 e. The van der Waals surface area contributed by atoms with E-state index < -0.39 is 0 Å². The number of piperidine rings is 1. The molecule has 1 unspecified atom stereocenters. The monoisotopic (exact) mass is 442 g/mol. The summed E-state index contributed by atoms with van der Waals surface area (Å²) in [4.78, 5) is 24.1. The summed E-state index contributed by atoms with van der Waals surface area (Å²) in [5.74, 6) is 0.107. The van der Waals surface area contributed by atoms with E-state index in [0.29, 0.717) is 12.1 Å². The first-order valence-electron chi connectivity index (χ1n) is 11.5. The third kappa shape index (κ3) is 6.05. The highest BCUT2D eigenvalue weighted by atomic mass is 16.2.